The third-order valence-electron chi connectivity index (χ3n) is 1.88. The molecule has 0 N–H and O–H groups in total. The highest BCUT2D eigenvalue weighted by molar-refractivity contribution is 7.91. The van der Waals surface area contributed by atoms with Crippen molar-refractivity contribution in [3.63, 3.8) is 0 Å². The van der Waals surface area contributed by atoms with E-state index >= 15 is 0 Å². The predicted octanol–water partition coefficient (Wildman–Crippen LogP) is 2.99. The van der Waals surface area contributed by atoms with Crippen LogP contribution in [0.1, 0.15) is 0 Å². The number of rotatable bonds is 4. The van der Waals surface area contributed by atoms with Crippen molar-refractivity contribution in [1.82, 2.24) is 0 Å². The van der Waals surface area contributed by atoms with Crippen LogP contribution in [0.25, 0.3) is 0 Å². The number of sulfone groups is 1. The molecule has 0 unspecified atom stereocenters. The van der Waals surface area contributed by atoms with Crippen molar-refractivity contribution in [3.05, 3.63) is 41.2 Å². The molecule has 0 saturated heterocycles. The van der Waals surface area contributed by atoms with Gasteiger partial charge < -0.3 is 0 Å². The second kappa shape index (κ2) is 5.55. The number of halogens is 4. The van der Waals surface area contributed by atoms with E-state index in [4.69, 9.17) is 11.6 Å². The van der Waals surface area contributed by atoms with Crippen molar-refractivity contribution >= 4 is 21.4 Å². The van der Waals surface area contributed by atoms with Crippen LogP contribution in [0.5, 0.6) is 0 Å². The second-order valence-electron chi connectivity index (χ2n) is 3.10. The van der Waals surface area contributed by atoms with E-state index in [1.807, 2.05) is 0 Å². The van der Waals surface area contributed by atoms with E-state index in [0.717, 1.165) is 12.1 Å². The highest BCUT2D eigenvalue weighted by atomic mass is 35.5. The molecule has 0 bridgehead atoms. The molecule has 0 fully saturated rings. The molecule has 0 saturated carbocycles. The average Bonchev–Trinajstić information content (AvgIpc) is 2.26. The third kappa shape index (κ3) is 3.74. The maximum Gasteiger partial charge on any atom is 0.273 e. The maximum absolute atomic E-state index is 13.2. The number of hydrogen-bond donors (Lipinski definition) is 0. The van der Waals surface area contributed by atoms with Crippen LogP contribution in [0.15, 0.2) is 40.3 Å². The van der Waals surface area contributed by atoms with E-state index in [9.17, 15) is 21.6 Å². The Morgan fingerprint density at radius 2 is 1.94 bits per heavy atom. The lowest BCUT2D eigenvalue weighted by atomic mass is 10.3. The van der Waals surface area contributed by atoms with E-state index in [2.05, 4.69) is 0 Å². The second-order valence-corrected chi connectivity index (χ2v) is 5.54. The first-order valence-corrected chi connectivity index (χ1v) is 6.48. The molecular formula is C10H8ClF3O2S. The van der Waals surface area contributed by atoms with Gasteiger partial charge in [-0.05, 0) is 18.2 Å². The smallest absolute Gasteiger partial charge is 0.223 e. The summed E-state index contributed by atoms with van der Waals surface area (Å²) in [6, 6.07) is 4.71. The Morgan fingerprint density at radius 1 is 1.35 bits per heavy atom. The van der Waals surface area contributed by atoms with Crippen molar-refractivity contribution in [1.29, 1.82) is 0 Å². The molecule has 0 radical (unpaired) electrons. The van der Waals surface area contributed by atoms with Gasteiger partial charge in [-0.2, -0.15) is 0 Å². The number of alkyl halides is 2. The first kappa shape index (κ1) is 14.1. The predicted molar refractivity (Wildman–Crippen MR) is 58.4 cm³/mol. The largest absolute Gasteiger partial charge is 0.273 e. The Kier molecular flexibility index (Phi) is 4.59. The molecule has 0 aliphatic rings. The molecule has 0 aliphatic heterocycles. The van der Waals surface area contributed by atoms with Crippen LogP contribution in [0, 0.1) is 5.82 Å². The zero-order chi connectivity index (χ0) is 13.1. The molecule has 0 heterocycles. The zero-order valence-corrected chi connectivity index (χ0v) is 9.98. The van der Waals surface area contributed by atoms with E-state index in [1.165, 1.54) is 12.1 Å². The normalized spacial score (nSPS) is 13.1. The van der Waals surface area contributed by atoms with Crippen molar-refractivity contribution in [3.8, 4) is 0 Å². The summed E-state index contributed by atoms with van der Waals surface area (Å²) in [4.78, 5) is -0.532. The van der Waals surface area contributed by atoms with Gasteiger partial charge in [-0.25, -0.2) is 21.6 Å². The van der Waals surface area contributed by atoms with E-state index in [-0.39, 0.29) is 0 Å². The van der Waals surface area contributed by atoms with Gasteiger partial charge >= 0.3 is 0 Å². The van der Waals surface area contributed by atoms with E-state index in [1.54, 1.807) is 0 Å². The Labute approximate surface area is 102 Å². The monoisotopic (exact) mass is 284 g/mol. The minimum absolute atomic E-state index is 0.532. The summed E-state index contributed by atoms with van der Waals surface area (Å²) in [7, 11) is -3.99. The van der Waals surface area contributed by atoms with Gasteiger partial charge in [-0.1, -0.05) is 23.7 Å². The molecule has 17 heavy (non-hydrogen) atoms. The van der Waals surface area contributed by atoms with Gasteiger partial charge in [-0.15, -0.1) is 0 Å². The molecule has 2 nitrogen and oxygen atoms in total. The summed E-state index contributed by atoms with van der Waals surface area (Å²) in [6.45, 7) is 0. The minimum Gasteiger partial charge on any atom is -0.223 e. The van der Waals surface area contributed by atoms with Gasteiger partial charge in [0.15, 0.2) is 9.84 Å². The standard InChI is InChI=1S/C10H8ClF3O2S/c11-7(10(13)14)5-6-17(15,16)9-4-2-1-3-8(9)12/h1-5,10H,6H2. The molecule has 0 aliphatic carbocycles. The molecule has 7 heteroatoms. The van der Waals surface area contributed by atoms with Gasteiger partial charge in [-0.3, -0.25) is 0 Å². The molecule has 0 atom stereocenters. The van der Waals surface area contributed by atoms with Crippen molar-refractivity contribution in [2.24, 2.45) is 0 Å². The molecule has 1 aromatic carbocycles. The fraction of sp³-hybridized carbons (Fsp3) is 0.200. The molecule has 0 aromatic heterocycles. The summed E-state index contributed by atoms with van der Waals surface area (Å²) in [5.41, 5.74) is 0. The Hall–Kier alpha value is -1.01. The first-order chi connectivity index (χ1) is 7.84. The summed E-state index contributed by atoms with van der Waals surface area (Å²) in [6.07, 6.45) is -2.28. The lowest BCUT2D eigenvalue weighted by Gasteiger charge is -2.03. The van der Waals surface area contributed by atoms with Crippen LogP contribution in [0.4, 0.5) is 13.2 Å². The summed E-state index contributed by atoms with van der Waals surface area (Å²) in [5, 5.41) is -0.870. The lowest BCUT2D eigenvalue weighted by molar-refractivity contribution is 0.198. The van der Waals surface area contributed by atoms with Crippen molar-refractivity contribution in [2.75, 3.05) is 5.75 Å². The average molecular weight is 285 g/mol. The van der Waals surface area contributed by atoms with Crippen LogP contribution in [0.2, 0.25) is 0 Å². The van der Waals surface area contributed by atoms with Crippen LogP contribution < -0.4 is 0 Å². The minimum atomic E-state index is -3.99. The van der Waals surface area contributed by atoms with Crippen LogP contribution in [0.3, 0.4) is 0 Å². The number of benzene rings is 1. The number of hydrogen-bond acceptors (Lipinski definition) is 2. The van der Waals surface area contributed by atoms with Gasteiger partial charge in [0.05, 0.1) is 10.8 Å². The fourth-order valence-electron chi connectivity index (χ4n) is 1.07. The summed E-state index contributed by atoms with van der Waals surface area (Å²) < 4.78 is 60.4. The fourth-order valence-corrected chi connectivity index (χ4v) is 2.46. The van der Waals surface area contributed by atoms with Crippen molar-refractivity contribution < 1.29 is 21.6 Å². The molecule has 0 amide bonds. The maximum atomic E-state index is 13.2. The Balaban J connectivity index is 2.99. The molecule has 1 rings (SSSR count). The van der Waals surface area contributed by atoms with Gasteiger partial charge in [0.25, 0.3) is 6.43 Å². The van der Waals surface area contributed by atoms with Gasteiger partial charge in [0, 0.05) is 0 Å². The highest BCUT2D eigenvalue weighted by Gasteiger charge is 2.18. The van der Waals surface area contributed by atoms with Gasteiger partial charge in [0.1, 0.15) is 10.7 Å². The molecule has 94 valence electrons. The molecular weight excluding hydrogens is 277 g/mol. The first-order valence-electron chi connectivity index (χ1n) is 4.45. The van der Waals surface area contributed by atoms with Crippen LogP contribution >= 0.6 is 11.6 Å². The number of allylic oxidation sites excluding steroid dienone is 1. The SMILES string of the molecule is O=S(=O)(CC=C(Cl)C(F)F)c1ccccc1F. The van der Waals surface area contributed by atoms with Crippen LogP contribution in [-0.4, -0.2) is 20.6 Å². The van der Waals surface area contributed by atoms with E-state index < -0.39 is 37.8 Å². The lowest BCUT2D eigenvalue weighted by Crippen LogP contribution is -2.08. The zero-order valence-electron chi connectivity index (χ0n) is 8.41. The summed E-state index contributed by atoms with van der Waals surface area (Å²) >= 11 is 5.10. The quantitative estimate of drug-likeness (QED) is 0.852. The Bertz CT molecular complexity index is 526. The Morgan fingerprint density at radius 3 is 2.47 bits per heavy atom. The summed E-state index contributed by atoms with van der Waals surface area (Å²) in [5.74, 6) is -1.69. The van der Waals surface area contributed by atoms with Crippen molar-refractivity contribution in [2.45, 2.75) is 11.3 Å². The topological polar surface area (TPSA) is 34.1 Å². The molecule has 1 aromatic rings. The third-order valence-corrected chi connectivity index (χ3v) is 3.80. The van der Waals surface area contributed by atoms with Crippen LogP contribution in [-0.2, 0) is 9.84 Å². The highest BCUT2D eigenvalue weighted by Crippen LogP contribution is 2.18. The van der Waals surface area contributed by atoms with Gasteiger partial charge in [0.2, 0.25) is 0 Å². The molecule has 0 spiro atoms. The van der Waals surface area contributed by atoms with E-state index in [0.29, 0.717) is 6.08 Å².